The normalized spacial score (nSPS) is 11.1. The van der Waals surface area contributed by atoms with Crippen LogP contribution in [0.5, 0.6) is 0 Å². The Labute approximate surface area is 91.9 Å². The molecule has 0 atom stereocenters. The van der Waals surface area contributed by atoms with Gasteiger partial charge in [0.15, 0.2) is 5.58 Å². The molecular weight excluding hydrogens is 205 g/mol. The fraction of sp³-hybridized carbons (Fsp3) is 0.0769. The van der Waals surface area contributed by atoms with Gasteiger partial charge < -0.3 is 4.52 Å². The highest BCUT2D eigenvalue weighted by Crippen LogP contribution is 2.20. The second-order valence-corrected chi connectivity index (χ2v) is 3.69. The molecule has 2 nitrogen and oxygen atoms in total. The lowest BCUT2D eigenvalue weighted by atomic mass is 10.2. The van der Waals surface area contributed by atoms with E-state index < -0.39 is 0 Å². The molecule has 0 amide bonds. The van der Waals surface area contributed by atoms with Crippen LogP contribution in [0, 0.1) is 5.82 Å². The van der Waals surface area contributed by atoms with Crippen molar-refractivity contribution in [3.63, 3.8) is 0 Å². The summed E-state index contributed by atoms with van der Waals surface area (Å²) >= 11 is 0. The molecule has 3 heteroatoms. The summed E-state index contributed by atoms with van der Waals surface area (Å²) in [7, 11) is 0. The summed E-state index contributed by atoms with van der Waals surface area (Å²) in [5.74, 6) is -0.199. The number of para-hydroxylation sites is 2. The average molecular weight is 215 g/mol. The number of benzene rings is 2. The minimum absolute atomic E-state index is 0.199. The molecule has 0 N–H and O–H groups in total. The smallest absolute Gasteiger partial charge is 0.181 e. The van der Waals surface area contributed by atoms with Gasteiger partial charge in [0.2, 0.25) is 0 Å². The van der Waals surface area contributed by atoms with Gasteiger partial charge in [0.1, 0.15) is 11.3 Å². The molecule has 16 heavy (non-hydrogen) atoms. The summed E-state index contributed by atoms with van der Waals surface area (Å²) < 4.78 is 20.5. The van der Waals surface area contributed by atoms with E-state index in [9.17, 15) is 4.39 Å². The number of rotatable bonds is 2. The molecule has 0 spiro atoms. The van der Waals surface area contributed by atoms with E-state index in [4.69, 9.17) is 4.52 Å². The molecule has 2 aromatic carbocycles. The van der Waals surface area contributed by atoms with Gasteiger partial charge in [0.25, 0.3) is 0 Å². The first-order chi connectivity index (χ1) is 7.84. The number of hydrogen-bond acceptors (Lipinski definition) is 1. The Balaban J connectivity index is 1.95. The Bertz CT molecular complexity index is 623. The van der Waals surface area contributed by atoms with E-state index in [1.54, 1.807) is 16.9 Å². The van der Waals surface area contributed by atoms with E-state index in [0.717, 1.165) is 11.1 Å². The molecule has 0 aliphatic carbocycles. The van der Waals surface area contributed by atoms with Gasteiger partial charge in [-0.2, -0.15) is 0 Å². The van der Waals surface area contributed by atoms with Crippen LogP contribution in [0.25, 0.3) is 11.1 Å². The van der Waals surface area contributed by atoms with Crippen molar-refractivity contribution < 1.29 is 8.91 Å². The largest absolute Gasteiger partial charge is 0.377 e. The first-order valence-electron chi connectivity index (χ1n) is 5.12. The van der Waals surface area contributed by atoms with Crippen molar-refractivity contribution in [3.8, 4) is 0 Å². The zero-order valence-corrected chi connectivity index (χ0v) is 8.56. The second-order valence-electron chi connectivity index (χ2n) is 3.69. The molecule has 1 aromatic heterocycles. The summed E-state index contributed by atoms with van der Waals surface area (Å²) in [5, 5.41) is 0. The summed E-state index contributed by atoms with van der Waals surface area (Å²) in [5.41, 5.74) is 2.49. The number of halogens is 1. The van der Waals surface area contributed by atoms with Gasteiger partial charge in [0.05, 0.1) is 6.54 Å². The molecule has 3 aromatic rings. The standard InChI is InChI=1S/C13H10FNO/c14-11-6-2-1-5-10(11)9-15-12-7-3-4-8-13(12)16-15/h1-8H,9H2. The average Bonchev–Trinajstić information content (AvgIpc) is 2.28. The highest BCUT2D eigenvalue weighted by molar-refractivity contribution is 5.73. The minimum Gasteiger partial charge on any atom is -0.377 e. The summed E-state index contributed by atoms with van der Waals surface area (Å²) in [6, 6.07) is 14.4. The van der Waals surface area contributed by atoms with E-state index in [-0.39, 0.29) is 5.82 Å². The molecule has 0 aliphatic heterocycles. The summed E-state index contributed by atoms with van der Waals surface area (Å²) in [6.07, 6.45) is 0. The fourth-order valence-corrected chi connectivity index (χ4v) is 1.77. The zero-order chi connectivity index (χ0) is 11.0. The third-order valence-electron chi connectivity index (χ3n) is 2.61. The van der Waals surface area contributed by atoms with E-state index in [0.29, 0.717) is 12.1 Å². The molecule has 0 saturated heterocycles. The summed E-state index contributed by atoms with van der Waals surface area (Å²) in [4.78, 5) is 0. The first-order valence-corrected chi connectivity index (χ1v) is 5.12. The zero-order valence-electron chi connectivity index (χ0n) is 8.56. The Hall–Kier alpha value is -2.03. The third kappa shape index (κ3) is 1.41. The molecule has 0 fully saturated rings. The Kier molecular flexibility index (Phi) is 2.03. The van der Waals surface area contributed by atoms with Gasteiger partial charge in [-0.25, -0.2) is 9.13 Å². The molecule has 0 saturated carbocycles. The van der Waals surface area contributed by atoms with E-state index in [1.165, 1.54) is 6.07 Å². The topological polar surface area (TPSA) is 18.1 Å². The maximum absolute atomic E-state index is 13.4. The van der Waals surface area contributed by atoms with Gasteiger partial charge in [-0.05, 0) is 18.2 Å². The second kappa shape index (κ2) is 3.52. The van der Waals surface area contributed by atoms with Crippen LogP contribution in [0.2, 0.25) is 0 Å². The van der Waals surface area contributed by atoms with Crippen molar-refractivity contribution in [2.24, 2.45) is 0 Å². The van der Waals surface area contributed by atoms with Crippen molar-refractivity contribution >= 4 is 11.1 Å². The van der Waals surface area contributed by atoms with Crippen molar-refractivity contribution in [1.82, 2.24) is 4.74 Å². The number of hydrogen-bond donors (Lipinski definition) is 0. The quantitative estimate of drug-likeness (QED) is 0.640. The Morgan fingerprint density at radius 1 is 1.00 bits per heavy atom. The van der Waals surface area contributed by atoms with Crippen LogP contribution >= 0.6 is 0 Å². The first kappa shape index (κ1) is 9.21. The van der Waals surface area contributed by atoms with Crippen LogP contribution in [0.1, 0.15) is 5.56 Å². The number of nitrogens with zero attached hydrogens (tertiary/aromatic N) is 1. The maximum Gasteiger partial charge on any atom is 0.181 e. The molecule has 0 aliphatic rings. The van der Waals surface area contributed by atoms with E-state index in [1.807, 2.05) is 30.3 Å². The molecule has 0 radical (unpaired) electrons. The Morgan fingerprint density at radius 3 is 2.56 bits per heavy atom. The molecule has 3 rings (SSSR count). The predicted octanol–water partition coefficient (Wildman–Crippen LogP) is 3.42. The minimum atomic E-state index is -0.199. The van der Waals surface area contributed by atoms with Gasteiger partial charge in [0, 0.05) is 5.56 Å². The molecule has 0 bridgehead atoms. The van der Waals surface area contributed by atoms with Crippen LogP contribution in [-0.4, -0.2) is 4.74 Å². The van der Waals surface area contributed by atoms with Crippen LogP contribution in [0.15, 0.2) is 53.1 Å². The van der Waals surface area contributed by atoms with Crippen LogP contribution in [-0.2, 0) is 6.54 Å². The van der Waals surface area contributed by atoms with Crippen molar-refractivity contribution in [2.45, 2.75) is 6.54 Å². The molecule has 0 unspecified atom stereocenters. The third-order valence-corrected chi connectivity index (χ3v) is 2.61. The maximum atomic E-state index is 13.4. The van der Waals surface area contributed by atoms with Gasteiger partial charge in [-0.3, -0.25) is 0 Å². The van der Waals surface area contributed by atoms with Crippen LogP contribution in [0.4, 0.5) is 4.39 Å². The van der Waals surface area contributed by atoms with E-state index in [2.05, 4.69) is 0 Å². The number of aromatic nitrogens is 1. The Morgan fingerprint density at radius 2 is 1.75 bits per heavy atom. The van der Waals surface area contributed by atoms with Crippen LogP contribution < -0.4 is 0 Å². The van der Waals surface area contributed by atoms with Gasteiger partial charge in [-0.1, -0.05) is 30.3 Å². The lowest BCUT2D eigenvalue weighted by molar-refractivity contribution is 0.282. The molecule has 80 valence electrons. The van der Waals surface area contributed by atoms with E-state index >= 15 is 0 Å². The highest BCUT2D eigenvalue weighted by atomic mass is 19.1. The lowest BCUT2D eigenvalue weighted by Crippen LogP contribution is -2.06. The molecule has 1 heterocycles. The fourth-order valence-electron chi connectivity index (χ4n) is 1.77. The predicted molar refractivity (Wildman–Crippen MR) is 59.7 cm³/mol. The van der Waals surface area contributed by atoms with Crippen LogP contribution in [0.3, 0.4) is 0 Å². The summed E-state index contributed by atoms with van der Waals surface area (Å²) in [6.45, 7) is 0.434. The van der Waals surface area contributed by atoms with Crippen molar-refractivity contribution in [3.05, 3.63) is 59.9 Å². The monoisotopic (exact) mass is 215 g/mol. The molecular formula is C13H10FNO. The van der Waals surface area contributed by atoms with Gasteiger partial charge >= 0.3 is 0 Å². The SMILES string of the molecule is Fc1ccccc1Cn1oc2ccccc21. The van der Waals surface area contributed by atoms with Gasteiger partial charge in [-0.15, -0.1) is 0 Å². The van der Waals surface area contributed by atoms with Crippen molar-refractivity contribution in [1.29, 1.82) is 0 Å². The lowest BCUT2D eigenvalue weighted by Gasteiger charge is -2.13. The highest BCUT2D eigenvalue weighted by Gasteiger charge is 2.09. The van der Waals surface area contributed by atoms with Crippen molar-refractivity contribution in [2.75, 3.05) is 0 Å². The number of fused-ring (bicyclic) bond motifs is 1.